The van der Waals surface area contributed by atoms with Crippen LogP contribution in [0.15, 0.2) is 35.8 Å². The van der Waals surface area contributed by atoms with Crippen molar-refractivity contribution in [2.45, 2.75) is 59.3 Å². The molecule has 0 bridgehead atoms. The van der Waals surface area contributed by atoms with Crippen molar-refractivity contribution >= 4 is 23.5 Å². The van der Waals surface area contributed by atoms with Gasteiger partial charge in [-0.05, 0) is 80.8 Å². The Hall–Kier alpha value is -2.95. The van der Waals surface area contributed by atoms with Gasteiger partial charge < -0.3 is 15.5 Å². The fraction of sp³-hybridized carbons (Fsp3) is 0.500. The molecule has 0 atom stereocenters. The van der Waals surface area contributed by atoms with Crippen molar-refractivity contribution < 1.29 is 4.79 Å². The molecule has 1 saturated heterocycles. The van der Waals surface area contributed by atoms with Crippen LogP contribution in [0.4, 0.5) is 11.5 Å². The van der Waals surface area contributed by atoms with E-state index in [2.05, 4.69) is 70.2 Å². The molecule has 6 heteroatoms. The van der Waals surface area contributed by atoms with Gasteiger partial charge in [0.15, 0.2) is 0 Å². The SMILES string of the molecule is CC(=C=Cc1c(C)ncnc1N1CCc2cc(C(C)(C)C)ccc21)C(=O)NCC1CCNCC1. The summed E-state index contributed by atoms with van der Waals surface area (Å²) in [7, 11) is 0. The predicted octanol–water partition coefficient (Wildman–Crippen LogP) is 4.45. The second kappa shape index (κ2) is 10.1. The average Bonchev–Trinajstić information content (AvgIpc) is 3.24. The Morgan fingerprint density at radius 3 is 2.76 bits per heavy atom. The number of anilines is 2. The summed E-state index contributed by atoms with van der Waals surface area (Å²) in [5.41, 5.74) is 9.57. The number of nitrogens with one attached hydrogen (secondary N) is 2. The lowest BCUT2D eigenvalue weighted by atomic mass is 9.86. The first-order valence-electron chi connectivity index (χ1n) is 12.4. The molecule has 0 radical (unpaired) electrons. The molecule has 1 aromatic carbocycles. The van der Waals surface area contributed by atoms with Crippen LogP contribution in [0.2, 0.25) is 0 Å². The average molecular weight is 460 g/mol. The predicted molar refractivity (Wildman–Crippen MR) is 138 cm³/mol. The molecule has 4 rings (SSSR count). The van der Waals surface area contributed by atoms with E-state index in [9.17, 15) is 4.79 Å². The van der Waals surface area contributed by atoms with Gasteiger partial charge in [-0.3, -0.25) is 4.79 Å². The van der Waals surface area contributed by atoms with Crippen LogP contribution in [0.1, 0.15) is 62.9 Å². The van der Waals surface area contributed by atoms with Crippen molar-refractivity contribution in [3.05, 3.63) is 58.2 Å². The highest BCUT2D eigenvalue weighted by molar-refractivity contribution is 5.93. The number of piperidine rings is 1. The number of benzene rings is 1. The van der Waals surface area contributed by atoms with Crippen LogP contribution >= 0.6 is 0 Å². The molecule has 3 heterocycles. The van der Waals surface area contributed by atoms with Gasteiger partial charge in [-0.2, -0.15) is 0 Å². The van der Waals surface area contributed by atoms with Gasteiger partial charge in [-0.25, -0.2) is 9.97 Å². The van der Waals surface area contributed by atoms with Crippen molar-refractivity contribution in [2.75, 3.05) is 31.1 Å². The van der Waals surface area contributed by atoms with E-state index in [-0.39, 0.29) is 11.3 Å². The molecular weight excluding hydrogens is 422 g/mol. The van der Waals surface area contributed by atoms with Gasteiger partial charge in [0, 0.05) is 24.3 Å². The largest absolute Gasteiger partial charge is 0.352 e. The van der Waals surface area contributed by atoms with Crippen LogP contribution < -0.4 is 15.5 Å². The lowest BCUT2D eigenvalue weighted by Crippen LogP contribution is -2.36. The highest BCUT2D eigenvalue weighted by atomic mass is 16.1. The number of aromatic nitrogens is 2. The first kappa shape index (κ1) is 24.2. The molecule has 6 nitrogen and oxygen atoms in total. The van der Waals surface area contributed by atoms with Crippen molar-refractivity contribution in [3.63, 3.8) is 0 Å². The second-order valence-corrected chi connectivity index (χ2v) is 10.5. The van der Waals surface area contributed by atoms with E-state index < -0.39 is 0 Å². The normalized spacial score (nSPS) is 16.1. The molecular formula is C28H37N5O. The third kappa shape index (κ3) is 5.40. The Labute approximate surface area is 203 Å². The van der Waals surface area contributed by atoms with Gasteiger partial charge in [-0.1, -0.05) is 32.9 Å². The van der Waals surface area contributed by atoms with Crippen molar-refractivity contribution in [1.82, 2.24) is 20.6 Å². The molecule has 180 valence electrons. The molecule has 0 aliphatic carbocycles. The summed E-state index contributed by atoms with van der Waals surface area (Å²) < 4.78 is 0. The number of carbonyl (C=O) groups excluding carboxylic acids is 1. The summed E-state index contributed by atoms with van der Waals surface area (Å²) in [5.74, 6) is 1.35. The third-order valence-corrected chi connectivity index (χ3v) is 6.94. The monoisotopic (exact) mass is 459 g/mol. The van der Waals surface area contributed by atoms with E-state index in [1.807, 2.05) is 19.9 Å². The van der Waals surface area contributed by atoms with Crippen molar-refractivity contribution in [1.29, 1.82) is 0 Å². The number of hydrogen-bond donors (Lipinski definition) is 2. The lowest BCUT2D eigenvalue weighted by Gasteiger charge is -2.23. The minimum atomic E-state index is -0.0629. The highest BCUT2D eigenvalue weighted by Gasteiger charge is 2.26. The quantitative estimate of drug-likeness (QED) is 0.511. The number of nitrogens with zero attached hydrogens (tertiary/aromatic N) is 3. The van der Waals surface area contributed by atoms with Gasteiger partial charge in [0.25, 0.3) is 5.91 Å². The maximum Gasteiger partial charge on any atom is 0.254 e. The number of rotatable bonds is 5. The fourth-order valence-corrected chi connectivity index (χ4v) is 4.64. The van der Waals surface area contributed by atoms with E-state index in [1.54, 1.807) is 6.33 Å². The van der Waals surface area contributed by atoms with Gasteiger partial charge >= 0.3 is 0 Å². The minimum absolute atomic E-state index is 0.0629. The summed E-state index contributed by atoms with van der Waals surface area (Å²) in [5, 5.41) is 6.44. The molecule has 0 spiro atoms. The summed E-state index contributed by atoms with van der Waals surface area (Å²) >= 11 is 0. The molecule has 0 unspecified atom stereocenters. The fourth-order valence-electron chi connectivity index (χ4n) is 4.64. The standard InChI is InChI=1S/C28H37N5O/c1-19(27(34)30-17-21-10-13-29-14-11-21)6-8-24-20(2)31-18-32-26(24)33-15-12-22-16-23(28(3,4)5)7-9-25(22)33/h7-9,16,18,21,29H,10-15,17H2,1-5H3,(H,30,34). The molecule has 2 aromatic rings. The second-order valence-electron chi connectivity index (χ2n) is 10.5. The van der Waals surface area contributed by atoms with Crippen LogP contribution in [-0.4, -0.2) is 42.1 Å². The summed E-state index contributed by atoms with van der Waals surface area (Å²) in [6, 6.07) is 6.76. The lowest BCUT2D eigenvalue weighted by molar-refractivity contribution is -0.117. The van der Waals surface area contributed by atoms with Gasteiger partial charge in [-0.15, -0.1) is 5.73 Å². The van der Waals surface area contributed by atoms with Gasteiger partial charge in [0.2, 0.25) is 0 Å². The Bertz CT molecular complexity index is 1120. The Morgan fingerprint density at radius 1 is 1.26 bits per heavy atom. The van der Waals surface area contributed by atoms with E-state index in [4.69, 9.17) is 0 Å². The van der Waals surface area contributed by atoms with Gasteiger partial charge in [0.05, 0.1) is 11.3 Å². The van der Waals surface area contributed by atoms with Gasteiger partial charge in [0.1, 0.15) is 12.1 Å². The summed E-state index contributed by atoms with van der Waals surface area (Å²) in [6.45, 7) is 14.2. The Balaban J connectivity index is 1.56. The molecule has 34 heavy (non-hydrogen) atoms. The first-order valence-corrected chi connectivity index (χ1v) is 12.4. The molecule has 2 N–H and O–H groups in total. The molecule has 1 fully saturated rings. The topological polar surface area (TPSA) is 70.2 Å². The van der Waals surface area contributed by atoms with Crippen LogP contribution in [0.5, 0.6) is 0 Å². The molecule has 2 aliphatic heterocycles. The number of amides is 1. The summed E-state index contributed by atoms with van der Waals surface area (Å²) in [6.07, 6.45) is 6.69. The zero-order chi connectivity index (χ0) is 24.3. The molecule has 0 saturated carbocycles. The van der Waals surface area contributed by atoms with Crippen LogP contribution in [-0.2, 0) is 16.6 Å². The highest BCUT2D eigenvalue weighted by Crippen LogP contribution is 2.38. The zero-order valence-corrected chi connectivity index (χ0v) is 21.2. The van der Waals surface area contributed by atoms with E-state index in [1.165, 1.54) is 16.8 Å². The number of carbonyl (C=O) groups is 1. The van der Waals surface area contributed by atoms with Crippen LogP contribution in [0, 0.1) is 12.8 Å². The Morgan fingerprint density at radius 2 is 2.03 bits per heavy atom. The number of hydrogen-bond acceptors (Lipinski definition) is 5. The van der Waals surface area contributed by atoms with E-state index >= 15 is 0 Å². The van der Waals surface area contributed by atoms with Crippen LogP contribution in [0.25, 0.3) is 6.08 Å². The zero-order valence-electron chi connectivity index (χ0n) is 21.2. The minimum Gasteiger partial charge on any atom is -0.352 e. The van der Waals surface area contributed by atoms with Crippen LogP contribution in [0.3, 0.4) is 0 Å². The Kier molecular flexibility index (Phi) is 7.20. The molecule has 1 amide bonds. The smallest absolute Gasteiger partial charge is 0.254 e. The summed E-state index contributed by atoms with van der Waals surface area (Å²) in [4.78, 5) is 23.9. The van der Waals surface area contributed by atoms with Crippen molar-refractivity contribution in [2.24, 2.45) is 5.92 Å². The third-order valence-electron chi connectivity index (χ3n) is 6.94. The number of fused-ring (bicyclic) bond motifs is 1. The first-order chi connectivity index (χ1) is 16.2. The molecule has 2 aliphatic rings. The maximum atomic E-state index is 12.6. The van der Waals surface area contributed by atoms with E-state index in [0.717, 1.165) is 62.5 Å². The van der Waals surface area contributed by atoms with Crippen molar-refractivity contribution in [3.8, 4) is 0 Å². The molecule has 1 aromatic heterocycles. The maximum absolute atomic E-state index is 12.6. The van der Waals surface area contributed by atoms with E-state index in [0.29, 0.717) is 11.5 Å². The number of aryl methyl sites for hydroxylation is 1.